The molecule has 0 aromatic heterocycles. The van der Waals surface area contributed by atoms with Crippen LogP contribution in [0.2, 0.25) is 0 Å². The van der Waals surface area contributed by atoms with Crippen molar-refractivity contribution in [1.82, 2.24) is 0 Å². The van der Waals surface area contributed by atoms with Crippen LogP contribution in [0.25, 0.3) is 0 Å². The standard InChI is InChI=1S/C21H21FO6/c1-12-14(10-7-11-15(12)18(23)24)16-17(21(2,22)20(26-3)27-16)28-19(25)13-8-5-4-6-9-13/h4-11,16-17,20H,1-3H3,(H,23,24)/t16-,17-,20?,21-/m1/s1. The van der Waals surface area contributed by atoms with Crippen molar-refractivity contribution in [3.8, 4) is 0 Å². The number of methoxy groups -OCH3 is 1. The summed E-state index contributed by atoms with van der Waals surface area (Å²) in [5.74, 6) is -1.81. The molecule has 4 atom stereocenters. The molecule has 0 aliphatic carbocycles. The van der Waals surface area contributed by atoms with E-state index in [-0.39, 0.29) is 11.1 Å². The number of alkyl halides is 1. The lowest BCUT2D eigenvalue weighted by Crippen LogP contribution is -2.43. The lowest BCUT2D eigenvalue weighted by Gasteiger charge is -2.27. The number of benzene rings is 2. The first-order valence-corrected chi connectivity index (χ1v) is 8.73. The Morgan fingerprint density at radius 2 is 1.82 bits per heavy atom. The quantitative estimate of drug-likeness (QED) is 0.787. The maximum absolute atomic E-state index is 15.5. The van der Waals surface area contributed by atoms with E-state index in [1.807, 2.05) is 0 Å². The summed E-state index contributed by atoms with van der Waals surface area (Å²) >= 11 is 0. The normalized spacial score (nSPS) is 26.8. The van der Waals surface area contributed by atoms with Crippen LogP contribution in [0.15, 0.2) is 48.5 Å². The average Bonchev–Trinajstić information content (AvgIpc) is 2.92. The number of carbonyl (C=O) groups excluding carboxylic acids is 1. The summed E-state index contributed by atoms with van der Waals surface area (Å²) in [7, 11) is 1.29. The maximum atomic E-state index is 15.5. The van der Waals surface area contributed by atoms with Gasteiger partial charge in [0.05, 0.1) is 11.1 Å². The van der Waals surface area contributed by atoms with Crippen LogP contribution in [0.1, 0.15) is 44.9 Å². The first-order chi connectivity index (χ1) is 13.3. The number of halogens is 1. The van der Waals surface area contributed by atoms with Crippen molar-refractivity contribution in [2.45, 2.75) is 38.0 Å². The molecule has 1 unspecified atom stereocenters. The van der Waals surface area contributed by atoms with Crippen molar-refractivity contribution in [2.24, 2.45) is 0 Å². The summed E-state index contributed by atoms with van der Waals surface area (Å²) in [5, 5.41) is 9.37. The van der Waals surface area contributed by atoms with Crippen LogP contribution in [-0.4, -0.2) is 42.2 Å². The summed E-state index contributed by atoms with van der Waals surface area (Å²) in [6.07, 6.45) is -3.63. The van der Waals surface area contributed by atoms with Crippen LogP contribution in [0.4, 0.5) is 4.39 Å². The number of carbonyl (C=O) groups is 2. The van der Waals surface area contributed by atoms with E-state index in [1.165, 1.54) is 20.1 Å². The molecule has 0 radical (unpaired) electrons. The number of aromatic carboxylic acids is 1. The van der Waals surface area contributed by atoms with E-state index in [4.69, 9.17) is 14.2 Å². The Kier molecular flexibility index (Phi) is 5.49. The van der Waals surface area contributed by atoms with Gasteiger partial charge in [-0.2, -0.15) is 0 Å². The zero-order chi connectivity index (χ0) is 20.5. The molecule has 1 fully saturated rings. The maximum Gasteiger partial charge on any atom is 0.338 e. The molecule has 2 aromatic carbocycles. The largest absolute Gasteiger partial charge is 0.478 e. The zero-order valence-electron chi connectivity index (χ0n) is 15.7. The molecule has 1 N–H and O–H groups in total. The third-order valence-corrected chi connectivity index (χ3v) is 4.93. The molecule has 0 amide bonds. The van der Waals surface area contributed by atoms with E-state index < -0.39 is 36.1 Å². The summed E-state index contributed by atoms with van der Waals surface area (Å²) in [4.78, 5) is 24.0. The molecule has 0 saturated carbocycles. The van der Waals surface area contributed by atoms with Crippen LogP contribution in [-0.2, 0) is 14.2 Å². The minimum Gasteiger partial charge on any atom is -0.478 e. The SMILES string of the molecule is COC1O[C@H](c2cccc(C(=O)O)c2C)[C@@H](OC(=O)c2ccccc2)[C@@]1(C)F. The van der Waals surface area contributed by atoms with Gasteiger partial charge in [0.25, 0.3) is 0 Å². The van der Waals surface area contributed by atoms with Crippen molar-refractivity contribution >= 4 is 11.9 Å². The van der Waals surface area contributed by atoms with Crippen LogP contribution in [0.5, 0.6) is 0 Å². The van der Waals surface area contributed by atoms with Crippen molar-refractivity contribution in [3.63, 3.8) is 0 Å². The molecule has 1 saturated heterocycles. The van der Waals surface area contributed by atoms with Gasteiger partial charge in [-0.1, -0.05) is 30.3 Å². The first-order valence-electron chi connectivity index (χ1n) is 8.73. The third-order valence-electron chi connectivity index (χ3n) is 4.93. The van der Waals surface area contributed by atoms with Gasteiger partial charge in [0, 0.05) is 7.11 Å². The summed E-state index contributed by atoms with van der Waals surface area (Å²) in [5.41, 5.74) is -0.970. The minimum atomic E-state index is -2.14. The van der Waals surface area contributed by atoms with Crippen LogP contribution in [0, 0.1) is 6.92 Å². The molecule has 0 spiro atoms. The number of carboxylic acids is 1. The Morgan fingerprint density at radius 1 is 1.14 bits per heavy atom. The predicted molar refractivity (Wildman–Crippen MR) is 97.9 cm³/mol. The van der Waals surface area contributed by atoms with E-state index in [9.17, 15) is 14.7 Å². The highest BCUT2D eigenvalue weighted by atomic mass is 19.1. The zero-order valence-corrected chi connectivity index (χ0v) is 15.7. The van der Waals surface area contributed by atoms with Crippen molar-refractivity contribution in [1.29, 1.82) is 0 Å². The molecule has 6 nitrogen and oxygen atoms in total. The van der Waals surface area contributed by atoms with E-state index in [0.717, 1.165) is 0 Å². The molecule has 148 valence electrons. The summed E-state index contributed by atoms with van der Waals surface area (Å²) < 4.78 is 31.8. The topological polar surface area (TPSA) is 82.1 Å². The second-order valence-electron chi connectivity index (χ2n) is 6.79. The number of carboxylic acid groups (broad SMARTS) is 1. The Morgan fingerprint density at radius 3 is 2.43 bits per heavy atom. The molecule has 0 bridgehead atoms. The Hall–Kier alpha value is -2.77. The molecule has 1 heterocycles. The van der Waals surface area contributed by atoms with Crippen LogP contribution >= 0.6 is 0 Å². The molecule has 7 heteroatoms. The molecule has 3 rings (SSSR count). The Balaban J connectivity index is 2.00. The van der Waals surface area contributed by atoms with Gasteiger partial charge in [0.1, 0.15) is 6.10 Å². The summed E-state index contributed by atoms with van der Waals surface area (Å²) in [6.45, 7) is 2.84. The fraction of sp³-hybridized carbons (Fsp3) is 0.333. The highest BCUT2D eigenvalue weighted by Gasteiger charge is 2.58. The van der Waals surface area contributed by atoms with E-state index in [1.54, 1.807) is 49.4 Å². The monoisotopic (exact) mass is 388 g/mol. The van der Waals surface area contributed by atoms with Gasteiger partial charge >= 0.3 is 11.9 Å². The molecule has 1 aliphatic rings. The number of rotatable bonds is 5. The van der Waals surface area contributed by atoms with Crippen LogP contribution < -0.4 is 0 Å². The Labute approximate surface area is 161 Å². The third kappa shape index (κ3) is 3.50. The van der Waals surface area contributed by atoms with Crippen LogP contribution in [0.3, 0.4) is 0 Å². The van der Waals surface area contributed by atoms with Gasteiger partial charge in [-0.15, -0.1) is 0 Å². The number of esters is 1. The molecule has 2 aromatic rings. The van der Waals surface area contributed by atoms with Gasteiger partial charge < -0.3 is 19.3 Å². The van der Waals surface area contributed by atoms with Gasteiger partial charge in [-0.25, -0.2) is 14.0 Å². The highest BCUT2D eigenvalue weighted by molar-refractivity contribution is 5.90. The fourth-order valence-electron chi connectivity index (χ4n) is 3.42. The first kappa shape index (κ1) is 20.0. The predicted octanol–water partition coefficient (Wildman–Crippen LogP) is 3.69. The number of hydrogen-bond acceptors (Lipinski definition) is 5. The van der Waals surface area contributed by atoms with Crippen molar-refractivity contribution in [2.75, 3.05) is 7.11 Å². The van der Waals surface area contributed by atoms with E-state index in [0.29, 0.717) is 11.1 Å². The van der Waals surface area contributed by atoms with Crippen molar-refractivity contribution < 1.29 is 33.3 Å². The van der Waals surface area contributed by atoms with Gasteiger partial charge in [0.15, 0.2) is 18.1 Å². The second-order valence-corrected chi connectivity index (χ2v) is 6.79. The van der Waals surface area contributed by atoms with E-state index >= 15 is 4.39 Å². The molecule has 1 aliphatic heterocycles. The number of hydrogen-bond donors (Lipinski definition) is 1. The van der Waals surface area contributed by atoms with Gasteiger partial charge in [-0.05, 0) is 43.2 Å². The van der Waals surface area contributed by atoms with Gasteiger partial charge in [0.2, 0.25) is 0 Å². The van der Waals surface area contributed by atoms with Crippen molar-refractivity contribution in [3.05, 3.63) is 70.8 Å². The minimum absolute atomic E-state index is 0.0654. The molecule has 28 heavy (non-hydrogen) atoms. The Bertz CT molecular complexity index is 880. The lowest BCUT2D eigenvalue weighted by atomic mass is 9.91. The fourth-order valence-corrected chi connectivity index (χ4v) is 3.42. The highest BCUT2D eigenvalue weighted by Crippen LogP contribution is 2.45. The van der Waals surface area contributed by atoms with Gasteiger partial charge in [-0.3, -0.25) is 0 Å². The van der Waals surface area contributed by atoms with E-state index in [2.05, 4.69) is 0 Å². The smallest absolute Gasteiger partial charge is 0.338 e. The summed E-state index contributed by atoms with van der Waals surface area (Å²) in [6, 6.07) is 12.8. The second kappa shape index (κ2) is 7.69. The molecular weight excluding hydrogens is 367 g/mol. The average molecular weight is 388 g/mol. The molecular formula is C21H21FO6. The number of ether oxygens (including phenoxy) is 3. The lowest BCUT2D eigenvalue weighted by molar-refractivity contribution is -0.161.